The van der Waals surface area contributed by atoms with E-state index in [1.807, 2.05) is 85.2 Å². The number of pyridine rings is 1. The van der Waals surface area contributed by atoms with Gasteiger partial charge in [0.15, 0.2) is 0 Å². The van der Waals surface area contributed by atoms with E-state index >= 15 is 0 Å². The molecule has 1 aliphatic heterocycles. The standard InChI is InChI=1S/C27H27N5O/c33-27(29-19-22-13-10-16-28-26(22)31-17-8-3-9-18-31)24-20-32(23-14-6-2-7-15-23)30-25(24)21-11-4-1-5-12-21/h1-2,4-7,10-16,20H,3,8-9,17-19H2,(H,29,33). The number of amides is 1. The van der Waals surface area contributed by atoms with Crippen LogP contribution < -0.4 is 10.2 Å². The van der Waals surface area contributed by atoms with Crippen LogP contribution in [0, 0.1) is 0 Å². The normalized spacial score (nSPS) is 13.6. The Labute approximate surface area is 193 Å². The van der Waals surface area contributed by atoms with Gasteiger partial charge in [-0.15, -0.1) is 0 Å². The van der Waals surface area contributed by atoms with Crippen LogP contribution in [-0.4, -0.2) is 33.8 Å². The van der Waals surface area contributed by atoms with Gasteiger partial charge in [0.25, 0.3) is 5.91 Å². The lowest BCUT2D eigenvalue weighted by atomic mass is 10.1. The molecule has 33 heavy (non-hydrogen) atoms. The van der Waals surface area contributed by atoms with Crippen molar-refractivity contribution in [2.24, 2.45) is 0 Å². The highest BCUT2D eigenvalue weighted by atomic mass is 16.1. The van der Waals surface area contributed by atoms with E-state index in [2.05, 4.69) is 15.2 Å². The number of aromatic nitrogens is 3. The van der Waals surface area contributed by atoms with Crippen molar-refractivity contribution < 1.29 is 4.79 Å². The maximum Gasteiger partial charge on any atom is 0.255 e. The van der Waals surface area contributed by atoms with Crippen LogP contribution in [0.5, 0.6) is 0 Å². The van der Waals surface area contributed by atoms with E-state index in [-0.39, 0.29) is 5.91 Å². The molecule has 1 N–H and O–H groups in total. The van der Waals surface area contributed by atoms with Crippen LogP contribution in [-0.2, 0) is 6.54 Å². The Morgan fingerprint density at radius 1 is 0.879 bits per heavy atom. The summed E-state index contributed by atoms with van der Waals surface area (Å²) in [4.78, 5) is 20.3. The molecule has 4 aromatic rings. The third-order valence-electron chi connectivity index (χ3n) is 5.99. The number of benzene rings is 2. The molecule has 2 aromatic carbocycles. The Kier molecular flexibility index (Phi) is 6.15. The summed E-state index contributed by atoms with van der Waals surface area (Å²) in [7, 11) is 0. The average molecular weight is 438 g/mol. The number of carbonyl (C=O) groups is 1. The molecule has 6 heteroatoms. The van der Waals surface area contributed by atoms with Crippen LogP contribution in [0.25, 0.3) is 16.9 Å². The van der Waals surface area contributed by atoms with Crippen LogP contribution in [0.3, 0.4) is 0 Å². The van der Waals surface area contributed by atoms with Crippen LogP contribution in [0.4, 0.5) is 5.82 Å². The maximum atomic E-state index is 13.3. The lowest BCUT2D eigenvalue weighted by Crippen LogP contribution is -2.32. The van der Waals surface area contributed by atoms with Gasteiger partial charge in [0, 0.05) is 43.2 Å². The number of rotatable bonds is 6. The van der Waals surface area contributed by atoms with Gasteiger partial charge in [0.1, 0.15) is 11.5 Å². The molecular formula is C27H27N5O. The number of para-hydroxylation sites is 1. The highest BCUT2D eigenvalue weighted by Crippen LogP contribution is 2.25. The Morgan fingerprint density at radius 2 is 1.61 bits per heavy atom. The molecule has 5 rings (SSSR count). The summed E-state index contributed by atoms with van der Waals surface area (Å²) in [5.41, 5.74) is 4.07. The molecule has 0 saturated carbocycles. The van der Waals surface area contributed by atoms with Crippen molar-refractivity contribution in [2.75, 3.05) is 18.0 Å². The summed E-state index contributed by atoms with van der Waals surface area (Å²) >= 11 is 0. The van der Waals surface area contributed by atoms with E-state index in [0.29, 0.717) is 17.8 Å². The van der Waals surface area contributed by atoms with E-state index in [1.165, 1.54) is 19.3 Å². The molecule has 166 valence electrons. The molecule has 1 amide bonds. The first-order valence-corrected chi connectivity index (χ1v) is 11.5. The van der Waals surface area contributed by atoms with Gasteiger partial charge in [0.2, 0.25) is 0 Å². The third kappa shape index (κ3) is 4.65. The highest BCUT2D eigenvalue weighted by molar-refractivity contribution is 6.00. The fourth-order valence-corrected chi connectivity index (χ4v) is 4.29. The first-order valence-electron chi connectivity index (χ1n) is 11.5. The second kappa shape index (κ2) is 9.69. The highest BCUT2D eigenvalue weighted by Gasteiger charge is 2.20. The molecule has 0 unspecified atom stereocenters. The van der Waals surface area contributed by atoms with Crippen molar-refractivity contribution in [3.63, 3.8) is 0 Å². The summed E-state index contributed by atoms with van der Waals surface area (Å²) in [5.74, 6) is 0.824. The van der Waals surface area contributed by atoms with Gasteiger partial charge in [-0.05, 0) is 37.5 Å². The van der Waals surface area contributed by atoms with Gasteiger partial charge in [-0.2, -0.15) is 5.10 Å². The predicted molar refractivity (Wildman–Crippen MR) is 130 cm³/mol. The molecule has 0 radical (unpaired) electrons. The molecule has 6 nitrogen and oxygen atoms in total. The van der Waals surface area contributed by atoms with Crippen molar-refractivity contribution >= 4 is 11.7 Å². The topological polar surface area (TPSA) is 63.1 Å². The van der Waals surface area contributed by atoms with Crippen LogP contribution in [0.15, 0.2) is 85.2 Å². The Hall–Kier alpha value is -3.93. The zero-order chi connectivity index (χ0) is 22.5. The second-order valence-electron chi connectivity index (χ2n) is 8.25. The van der Waals surface area contributed by atoms with Gasteiger partial charge in [0.05, 0.1) is 11.3 Å². The lowest BCUT2D eigenvalue weighted by Gasteiger charge is -2.29. The van der Waals surface area contributed by atoms with E-state index in [1.54, 1.807) is 4.68 Å². The van der Waals surface area contributed by atoms with Crippen molar-refractivity contribution in [1.29, 1.82) is 0 Å². The average Bonchev–Trinajstić information content (AvgIpc) is 3.35. The molecule has 1 saturated heterocycles. The number of piperidine rings is 1. The van der Waals surface area contributed by atoms with Gasteiger partial charge in [-0.1, -0.05) is 54.6 Å². The fraction of sp³-hybridized carbons (Fsp3) is 0.222. The summed E-state index contributed by atoms with van der Waals surface area (Å²) in [6, 6.07) is 23.6. The minimum atomic E-state index is -0.149. The summed E-state index contributed by atoms with van der Waals surface area (Å²) in [6.07, 6.45) is 7.26. The Morgan fingerprint density at radius 3 is 2.36 bits per heavy atom. The summed E-state index contributed by atoms with van der Waals surface area (Å²) < 4.78 is 1.76. The molecule has 1 aliphatic rings. The molecule has 1 fully saturated rings. The quantitative estimate of drug-likeness (QED) is 0.468. The summed E-state index contributed by atoms with van der Waals surface area (Å²) in [5, 5.41) is 7.86. The van der Waals surface area contributed by atoms with E-state index in [4.69, 9.17) is 5.10 Å². The maximum absolute atomic E-state index is 13.3. The number of hydrogen-bond donors (Lipinski definition) is 1. The van der Waals surface area contributed by atoms with Crippen molar-refractivity contribution in [3.05, 3.63) is 96.3 Å². The molecule has 0 spiro atoms. The first-order chi connectivity index (χ1) is 16.3. The van der Waals surface area contributed by atoms with E-state index in [9.17, 15) is 4.79 Å². The van der Waals surface area contributed by atoms with E-state index < -0.39 is 0 Å². The van der Waals surface area contributed by atoms with Crippen LogP contribution in [0.1, 0.15) is 35.2 Å². The molecule has 0 aliphatic carbocycles. The Bertz CT molecular complexity index is 1210. The number of nitrogens with one attached hydrogen (secondary N) is 1. The first kappa shape index (κ1) is 20.9. The SMILES string of the molecule is O=C(NCc1cccnc1N1CCCCC1)c1cn(-c2ccccc2)nc1-c1ccccc1. The largest absolute Gasteiger partial charge is 0.356 e. The molecule has 0 bridgehead atoms. The zero-order valence-electron chi connectivity index (χ0n) is 18.5. The molecule has 0 atom stereocenters. The van der Waals surface area contributed by atoms with Crippen molar-refractivity contribution in [3.8, 4) is 16.9 Å². The molecule has 3 heterocycles. The van der Waals surface area contributed by atoms with E-state index in [0.717, 1.165) is 35.7 Å². The van der Waals surface area contributed by atoms with Crippen LogP contribution >= 0.6 is 0 Å². The van der Waals surface area contributed by atoms with Crippen LogP contribution in [0.2, 0.25) is 0 Å². The van der Waals surface area contributed by atoms with Crippen molar-refractivity contribution in [2.45, 2.75) is 25.8 Å². The molecule has 2 aromatic heterocycles. The number of nitrogens with zero attached hydrogens (tertiary/aromatic N) is 4. The summed E-state index contributed by atoms with van der Waals surface area (Å²) in [6.45, 7) is 2.45. The number of carbonyl (C=O) groups excluding carboxylic acids is 1. The number of anilines is 1. The van der Waals surface area contributed by atoms with Gasteiger partial charge >= 0.3 is 0 Å². The minimum absolute atomic E-state index is 0.149. The molecular weight excluding hydrogens is 410 g/mol. The number of hydrogen-bond acceptors (Lipinski definition) is 4. The third-order valence-corrected chi connectivity index (χ3v) is 5.99. The lowest BCUT2D eigenvalue weighted by molar-refractivity contribution is 0.0951. The van der Waals surface area contributed by atoms with Gasteiger partial charge < -0.3 is 10.2 Å². The Balaban J connectivity index is 1.42. The smallest absolute Gasteiger partial charge is 0.255 e. The predicted octanol–water partition coefficient (Wildman–Crippen LogP) is 4.85. The van der Waals surface area contributed by atoms with Gasteiger partial charge in [-0.3, -0.25) is 4.79 Å². The monoisotopic (exact) mass is 437 g/mol. The minimum Gasteiger partial charge on any atom is -0.356 e. The fourth-order valence-electron chi connectivity index (χ4n) is 4.29. The van der Waals surface area contributed by atoms with Crippen molar-refractivity contribution in [1.82, 2.24) is 20.1 Å². The second-order valence-corrected chi connectivity index (χ2v) is 8.25. The van der Waals surface area contributed by atoms with Gasteiger partial charge in [-0.25, -0.2) is 9.67 Å². The zero-order valence-corrected chi connectivity index (χ0v) is 18.5.